The molecule has 1 amide bonds. The highest BCUT2D eigenvalue weighted by Gasteiger charge is 2.29. The molecule has 3 N–H and O–H groups in total. The molecule has 134 valence electrons. The second kappa shape index (κ2) is 7.20. The summed E-state index contributed by atoms with van der Waals surface area (Å²) < 4.78 is 27.7. The minimum Gasteiger partial charge on any atom is -0.480 e. The van der Waals surface area contributed by atoms with E-state index in [2.05, 4.69) is 10.0 Å². The summed E-state index contributed by atoms with van der Waals surface area (Å²) in [5, 5.41) is 12.8. The van der Waals surface area contributed by atoms with E-state index >= 15 is 0 Å². The Bertz CT molecular complexity index is 922. The van der Waals surface area contributed by atoms with Crippen LogP contribution in [0.5, 0.6) is 0 Å². The Morgan fingerprint density at radius 1 is 1.04 bits per heavy atom. The molecular weight excluding hydrogens is 344 g/mol. The number of sulfonamides is 1. The van der Waals surface area contributed by atoms with E-state index < -0.39 is 28.0 Å². The van der Waals surface area contributed by atoms with E-state index in [0.29, 0.717) is 16.5 Å². The van der Waals surface area contributed by atoms with E-state index in [1.807, 2.05) is 0 Å². The van der Waals surface area contributed by atoms with Gasteiger partial charge in [-0.2, -0.15) is 4.72 Å². The molecule has 0 aromatic heterocycles. The average molecular weight is 364 g/mol. The van der Waals surface area contributed by atoms with Gasteiger partial charge in [0.15, 0.2) is 0 Å². The van der Waals surface area contributed by atoms with Crippen molar-refractivity contribution in [2.45, 2.75) is 31.7 Å². The first-order valence-electron chi connectivity index (χ1n) is 7.68. The van der Waals surface area contributed by atoms with Gasteiger partial charge in [0, 0.05) is 23.4 Å². The lowest BCUT2D eigenvalue weighted by molar-refractivity contribution is -0.140. The molecule has 0 aliphatic carbocycles. The molecule has 0 spiro atoms. The summed E-state index contributed by atoms with van der Waals surface area (Å²) in [6.07, 6.45) is 0. The van der Waals surface area contributed by atoms with Crippen LogP contribution >= 0.6 is 0 Å². The number of amides is 1. The van der Waals surface area contributed by atoms with Crippen LogP contribution in [-0.2, 0) is 19.6 Å². The number of nitrogens with one attached hydrogen (secondary N) is 2. The Hall–Kier alpha value is -2.45. The molecule has 1 unspecified atom stereocenters. The first kappa shape index (κ1) is 18.9. The molecule has 0 aliphatic rings. The van der Waals surface area contributed by atoms with Crippen LogP contribution in [-0.4, -0.2) is 31.4 Å². The van der Waals surface area contributed by atoms with Gasteiger partial charge in [-0.3, -0.25) is 9.59 Å². The summed E-state index contributed by atoms with van der Waals surface area (Å²) in [4.78, 5) is 22.6. The largest absolute Gasteiger partial charge is 0.480 e. The van der Waals surface area contributed by atoms with Crippen LogP contribution in [0.3, 0.4) is 0 Å². The van der Waals surface area contributed by atoms with Gasteiger partial charge in [0.1, 0.15) is 6.04 Å². The number of carboxylic acid groups (broad SMARTS) is 1. The third-order valence-electron chi connectivity index (χ3n) is 3.70. The van der Waals surface area contributed by atoms with Gasteiger partial charge in [-0.1, -0.05) is 38.1 Å². The second-order valence-corrected chi connectivity index (χ2v) is 7.70. The number of aliphatic carboxylic acids is 1. The summed E-state index contributed by atoms with van der Waals surface area (Å²) >= 11 is 0. The number of carboxylic acids is 1. The van der Waals surface area contributed by atoms with Crippen LogP contribution in [0.1, 0.15) is 20.8 Å². The zero-order valence-corrected chi connectivity index (χ0v) is 14.9. The Labute approximate surface area is 146 Å². The van der Waals surface area contributed by atoms with Gasteiger partial charge in [0.2, 0.25) is 15.9 Å². The smallest absolute Gasteiger partial charge is 0.322 e. The van der Waals surface area contributed by atoms with Crippen LogP contribution in [0.2, 0.25) is 0 Å². The first-order valence-corrected chi connectivity index (χ1v) is 9.16. The van der Waals surface area contributed by atoms with Crippen LogP contribution in [0.4, 0.5) is 5.69 Å². The summed E-state index contributed by atoms with van der Waals surface area (Å²) in [5.74, 6) is -1.93. The number of benzene rings is 2. The molecule has 2 rings (SSSR count). The number of rotatable bonds is 6. The van der Waals surface area contributed by atoms with Crippen LogP contribution in [0.25, 0.3) is 10.8 Å². The number of carbonyl (C=O) groups is 2. The molecule has 25 heavy (non-hydrogen) atoms. The summed E-state index contributed by atoms with van der Waals surface area (Å²) in [6.45, 7) is 4.61. The number of anilines is 1. The lowest BCUT2D eigenvalue weighted by Crippen LogP contribution is -2.44. The quantitative estimate of drug-likeness (QED) is 0.727. The molecule has 2 aromatic carbocycles. The molecule has 8 heteroatoms. The maximum Gasteiger partial charge on any atom is 0.322 e. The zero-order chi connectivity index (χ0) is 18.8. The normalized spacial score (nSPS) is 13.0. The third kappa shape index (κ3) is 4.15. The van der Waals surface area contributed by atoms with E-state index in [9.17, 15) is 23.1 Å². The number of carbonyl (C=O) groups excluding carboxylic acids is 1. The Morgan fingerprint density at radius 3 is 2.16 bits per heavy atom. The van der Waals surface area contributed by atoms with Crippen LogP contribution in [0, 0.1) is 5.92 Å². The summed E-state index contributed by atoms with van der Waals surface area (Å²) in [5.41, 5.74) is 0.487. The van der Waals surface area contributed by atoms with Crippen molar-refractivity contribution in [3.63, 3.8) is 0 Å². The number of fused-ring (bicyclic) bond motifs is 1. The lowest BCUT2D eigenvalue weighted by atomic mass is 10.1. The van der Waals surface area contributed by atoms with Crippen molar-refractivity contribution in [1.82, 2.24) is 4.72 Å². The molecule has 0 aliphatic heterocycles. The highest BCUT2D eigenvalue weighted by atomic mass is 32.2. The fourth-order valence-electron chi connectivity index (χ4n) is 2.51. The van der Waals surface area contributed by atoms with Crippen molar-refractivity contribution in [1.29, 1.82) is 0 Å². The van der Waals surface area contributed by atoms with Crippen molar-refractivity contribution in [3.8, 4) is 0 Å². The molecule has 7 nitrogen and oxygen atoms in total. The summed E-state index contributed by atoms with van der Waals surface area (Å²) in [7, 11) is -4.06. The summed E-state index contributed by atoms with van der Waals surface area (Å²) in [6, 6.07) is 8.32. The predicted molar refractivity (Wildman–Crippen MR) is 94.8 cm³/mol. The molecule has 0 bridgehead atoms. The maximum atomic E-state index is 12.7. The molecule has 1 atom stereocenters. The van der Waals surface area contributed by atoms with Crippen molar-refractivity contribution in [2.75, 3.05) is 5.32 Å². The minimum atomic E-state index is -4.06. The first-order chi connectivity index (χ1) is 11.6. The Kier molecular flexibility index (Phi) is 5.44. The molecule has 0 heterocycles. The molecular formula is C17H20N2O5S. The van der Waals surface area contributed by atoms with Crippen LogP contribution < -0.4 is 10.0 Å². The maximum absolute atomic E-state index is 12.7. The van der Waals surface area contributed by atoms with E-state index in [0.717, 1.165) is 0 Å². The van der Waals surface area contributed by atoms with E-state index in [-0.39, 0.29) is 10.8 Å². The predicted octanol–water partition coefficient (Wildman–Crippen LogP) is 2.19. The van der Waals surface area contributed by atoms with Crippen molar-refractivity contribution in [3.05, 3.63) is 36.4 Å². The average Bonchev–Trinajstić information content (AvgIpc) is 2.51. The molecule has 0 saturated heterocycles. The van der Waals surface area contributed by atoms with Crippen molar-refractivity contribution >= 4 is 38.4 Å². The van der Waals surface area contributed by atoms with Gasteiger partial charge in [-0.25, -0.2) is 8.42 Å². The Morgan fingerprint density at radius 2 is 1.64 bits per heavy atom. The van der Waals surface area contributed by atoms with Gasteiger partial charge in [-0.15, -0.1) is 0 Å². The van der Waals surface area contributed by atoms with Crippen molar-refractivity contribution < 1.29 is 23.1 Å². The second-order valence-electron chi connectivity index (χ2n) is 6.02. The fraction of sp³-hybridized carbons (Fsp3) is 0.294. The lowest BCUT2D eigenvalue weighted by Gasteiger charge is -2.19. The number of hydrogen-bond donors (Lipinski definition) is 3. The minimum absolute atomic E-state index is 0.0379. The topological polar surface area (TPSA) is 113 Å². The zero-order valence-electron chi connectivity index (χ0n) is 14.1. The fourth-order valence-corrected chi connectivity index (χ4v) is 4.06. The number of hydrogen-bond acceptors (Lipinski definition) is 4. The Balaban J connectivity index is 2.57. The van der Waals surface area contributed by atoms with E-state index in [1.165, 1.54) is 19.1 Å². The van der Waals surface area contributed by atoms with Gasteiger partial charge in [0.25, 0.3) is 0 Å². The van der Waals surface area contributed by atoms with Crippen LogP contribution in [0.15, 0.2) is 41.3 Å². The molecule has 2 aromatic rings. The van der Waals surface area contributed by atoms with E-state index in [4.69, 9.17) is 0 Å². The van der Waals surface area contributed by atoms with Gasteiger partial charge >= 0.3 is 5.97 Å². The molecule has 0 saturated carbocycles. The SMILES string of the molecule is CC(=O)Nc1ccc(S(=O)(=O)NC(C(=O)O)C(C)C)c2ccccc12. The van der Waals surface area contributed by atoms with Crippen molar-refractivity contribution in [2.24, 2.45) is 5.92 Å². The molecule has 0 fully saturated rings. The highest BCUT2D eigenvalue weighted by molar-refractivity contribution is 7.89. The standard InChI is InChI=1S/C17H20N2O5S/c1-10(2)16(17(21)22)19-25(23,24)15-9-8-14(18-11(3)20)12-6-4-5-7-13(12)15/h4-10,16,19H,1-3H3,(H,18,20)(H,21,22). The monoisotopic (exact) mass is 364 g/mol. The highest BCUT2D eigenvalue weighted by Crippen LogP contribution is 2.29. The third-order valence-corrected chi connectivity index (χ3v) is 5.20. The van der Waals surface area contributed by atoms with E-state index in [1.54, 1.807) is 38.1 Å². The van der Waals surface area contributed by atoms with Gasteiger partial charge in [-0.05, 0) is 18.1 Å². The van der Waals surface area contributed by atoms with Gasteiger partial charge < -0.3 is 10.4 Å². The van der Waals surface area contributed by atoms with Gasteiger partial charge in [0.05, 0.1) is 4.90 Å². The molecule has 0 radical (unpaired) electrons.